The molecule has 3 nitrogen and oxygen atoms in total. The predicted molar refractivity (Wildman–Crippen MR) is 84.6 cm³/mol. The summed E-state index contributed by atoms with van der Waals surface area (Å²) in [5.41, 5.74) is 1.36. The molecule has 0 amide bonds. The van der Waals surface area contributed by atoms with Crippen molar-refractivity contribution in [2.75, 3.05) is 19.8 Å². The van der Waals surface area contributed by atoms with Crippen LogP contribution in [0, 0.1) is 0 Å². The number of rotatable bonds is 8. The first-order valence-electron chi connectivity index (χ1n) is 6.94. The highest BCUT2D eigenvalue weighted by molar-refractivity contribution is 7.80. The average Bonchev–Trinajstić information content (AvgIpc) is 3.12. The Kier molecular flexibility index (Phi) is 6.07. The molecule has 5 heteroatoms. The van der Waals surface area contributed by atoms with Gasteiger partial charge in [-0.2, -0.15) is 11.3 Å². The maximum atomic E-state index is 5.52. The minimum absolute atomic E-state index is 0.645. The summed E-state index contributed by atoms with van der Waals surface area (Å²) in [6.45, 7) is 5.45. The molecule has 1 aliphatic rings. The van der Waals surface area contributed by atoms with Gasteiger partial charge in [-0.3, -0.25) is 0 Å². The van der Waals surface area contributed by atoms with Gasteiger partial charge in [0.15, 0.2) is 5.11 Å². The maximum Gasteiger partial charge on any atom is 0.169 e. The molecule has 0 aliphatic heterocycles. The minimum Gasteiger partial charge on any atom is -0.382 e. The summed E-state index contributed by atoms with van der Waals surface area (Å²) < 4.78 is 5.33. The second-order valence-corrected chi connectivity index (χ2v) is 5.94. The molecule has 0 unspecified atom stereocenters. The number of hydrogen-bond acceptors (Lipinski definition) is 3. The summed E-state index contributed by atoms with van der Waals surface area (Å²) >= 11 is 7.27. The Labute approximate surface area is 124 Å². The molecule has 1 aromatic heterocycles. The third-order valence-corrected chi connectivity index (χ3v) is 4.24. The first-order chi connectivity index (χ1) is 9.31. The third-order valence-electron chi connectivity index (χ3n) is 3.13. The molecule has 1 N–H and O–H groups in total. The van der Waals surface area contributed by atoms with Crippen molar-refractivity contribution in [3.05, 3.63) is 22.4 Å². The molecule has 1 heterocycles. The van der Waals surface area contributed by atoms with Crippen LogP contribution in [0.15, 0.2) is 16.8 Å². The van der Waals surface area contributed by atoms with E-state index in [1.165, 1.54) is 18.4 Å². The zero-order valence-electron chi connectivity index (χ0n) is 11.4. The van der Waals surface area contributed by atoms with Crippen LogP contribution in [0.5, 0.6) is 0 Å². The zero-order valence-corrected chi connectivity index (χ0v) is 13.1. The van der Waals surface area contributed by atoms with Gasteiger partial charge in [-0.25, -0.2) is 0 Å². The molecule has 1 aromatic rings. The van der Waals surface area contributed by atoms with Gasteiger partial charge in [-0.1, -0.05) is 0 Å². The number of nitrogens with zero attached hydrogens (tertiary/aromatic N) is 1. The van der Waals surface area contributed by atoms with E-state index >= 15 is 0 Å². The van der Waals surface area contributed by atoms with E-state index in [4.69, 9.17) is 17.0 Å². The normalized spacial score (nSPS) is 14.4. The Hall–Kier alpha value is -0.650. The number of thiophene rings is 1. The van der Waals surface area contributed by atoms with Gasteiger partial charge in [0.1, 0.15) is 0 Å². The lowest BCUT2D eigenvalue weighted by Crippen LogP contribution is -2.41. The predicted octanol–water partition coefficient (Wildman–Crippen LogP) is 3.01. The molecule has 1 fully saturated rings. The van der Waals surface area contributed by atoms with Gasteiger partial charge >= 0.3 is 0 Å². The van der Waals surface area contributed by atoms with E-state index < -0.39 is 0 Å². The SMILES string of the molecule is CCOCCCNC(=S)N(Cc1ccsc1)C1CC1. The van der Waals surface area contributed by atoms with Crippen LogP contribution < -0.4 is 5.32 Å². The van der Waals surface area contributed by atoms with Crippen LogP contribution in [-0.2, 0) is 11.3 Å². The van der Waals surface area contributed by atoms with Crippen LogP contribution in [0.2, 0.25) is 0 Å². The lowest BCUT2D eigenvalue weighted by atomic mass is 10.3. The van der Waals surface area contributed by atoms with E-state index in [2.05, 4.69) is 27.0 Å². The topological polar surface area (TPSA) is 24.5 Å². The summed E-state index contributed by atoms with van der Waals surface area (Å²) in [4.78, 5) is 2.33. The van der Waals surface area contributed by atoms with E-state index in [0.29, 0.717) is 6.04 Å². The first kappa shape index (κ1) is 14.8. The maximum absolute atomic E-state index is 5.52. The van der Waals surface area contributed by atoms with Crippen molar-refractivity contribution in [3.8, 4) is 0 Å². The fourth-order valence-electron chi connectivity index (χ4n) is 1.95. The summed E-state index contributed by atoms with van der Waals surface area (Å²) in [5, 5.41) is 8.58. The van der Waals surface area contributed by atoms with Crippen molar-refractivity contribution in [1.29, 1.82) is 0 Å². The summed E-state index contributed by atoms with van der Waals surface area (Å²) in [5.74, 6) is 0. The van der Waals surface area contributed by atoms with Crippen LogP contribution in [0.1, 0.15) is 31.7 Å². The van der Waals surface area contributed by atoms with Crippen LogP contribution in [0.25, 0.3) is 0 Å². The molecule has 0 saturated heterocycles. The Morgan fingerprint density at radius 1 is 1.58 bits per heavy atom. The molecule has 0 aromatic carbocycles. The lowest BCUT2D eigenvalue weighted by Gasteiger charge is -2.25. The van der Waals surface area contributed by atoms with Crippen LogP contribution >= 0.6 is 23.6 Å². The zero-order chi connectivity index (χ0) is 13.5. The Morgan fingerprint density at radius 2 is 2.42 bits per heavy atom. The second-order valence-electron chi connectivity index (χ2n) is 4.77. The van der Waals surface area contributed by atoms with Gasteiger partial charge in [-0.15, -0.1) is 0 Å². The molecule has 1 saturated carbocycles. The van der Waals surface area contributed by atoms with E-state index in [1.807, 2.05) is 6.92 Å². The van der Waals surface area contributed by atoms with Crippen molar-refractivity contribution in [1.82, 2.24) is 10.2 Å². The van der Waals surface area contributed by atoms with E-state index in [1.54, 1.807) is 11.3 Å². The van der Waals surface area contributed by atoms with Crippen molar-refractivity contribution in [3.63, 3.8) is 0 Å². The van der Waals surface area contributed by atoms with Gasteiger partial charge < -0.3 is 15.0 Å². The number of hydrogen-bond donors (Lipinski definition) is 1. The summed E-state index contributed by atoms with van der Waals surface area (Å²) in [6, 6.07) is 2.82. The largest absolute Gasteiger partial charge is 0.382 e. The quantitative estimate of drug-likeness (QED) is 0.589. The average molecular weight is 298 g/mol. The molecule has 0 bridgehead atoms. The van der Waals surface area contributed by atoms with E-state index in [0.717, 1.165) is 37.8 Å². The number of ether oxygens (including phenoxy) is 1. The Balaban J connectivity index is 1.73. The Morgan fingerprint density at radius 3 is 3.05 bits per heavy atom. The molecule has 1 aliphatic carbocycles. The highest BCUT2D eigenvalue weighted by Crippen LogP contribution is 2.28. The highest BCUT2D eigenvalue weighted by atomic mass is 32.1. The van der Waals surface area contributed by atoms with Crippen molar-refractivity contribution in [2.45, 2.75) is 38.8 Å². The molecule has 19 heavy (non-hydrogen) atoms. The van der Waals surface area contributed by atoms with Crippen LogP contribution in [0.4, 0.5) is 0 Å². The molecule has 0 atom stereocenters. The first-order valence-corrected chi connectivity index (χ1v) is 8.29. The number of thiocarbonyl (C=S) groups is 1. The fourth-order valence-corrected chi connectivity index (χ4v) is 2.92. The van der Waals surface area contributed by atoms with Crippen molar-refractivity contribution < 1.29 is 4.74 Å². The summed E-state index contributed by atoms with van der Waals surface area (Å²) in [7, 11) is 0. The lowest BCUT2D eigenvalue weighted by molar-refractivity contribution is 0.145. The highest BCUT2D eigenvalue weighted by Gasteiger charge is 2.30. The molecule has 0 radical (unpaired) electrons. The van der Waals surface area contributed by atoms with Gasteiger partial charge in [0, 0.05) is 32.3 Å². The second kappa shape index (κ2) is 7.82. The standard InChI is InChI=1S/C14H22N2OS2/c1-2-17-8-3-7-15-14(18)16(13-4-5-13)10-12-6-9-19-11-12/h6,9,11,13H,2-5,7-8,10H2,1H3,(H,15,18). The summed E-state index contributed by atoms with van der Waals surface area (Å²) in [6.07, 6.45) is 3.54. The third kappa shape index (κ3) is 5.09. The van der Waals surface area contributed by atoms with Crippen molar-refractivity contribution >= 4 is 28.7 Å². The van der Waals surface area contributed by atoms with Gasteiger partial charge in [-0.05, 0) is 60.8 Å². The minimum atomic E-state index is 0.645. The molecular weight excluding hydrogens is 276 g/mol. The van der Waals surface area contributed by atoms with Gasteiger partial charge in [0.2, 0.25) is 0 Å². The fraction of sp³-hybridized carbons (Fsp3) is 0.643. The molecule has 2 rings (SSSR count). The van der Waals surface area contributed by atoms with Crippen LogP contribution in [0.3, 0.4) is 0 Å². The number of nitrogens with one attached hydrogen (secondary N) is 1. The molecule has 106 valence electrons. The van der Waals surface area contributed by atoms with Gasteiger partial charge in [0.05, 0.1) is 0 Å². The van der Waals surface area contributed by atoms with Gasteiger partial charge in [0.25, 0.3) is 0 Å². The van der Waals surface area contributed by atoms with E-state index in [-0.39, 0.29) is 0 Å². The van der Waals surface area contributed by atoms with Crippen molar-refractivity contribution in [2.24, 2.45) is 0 Å². The molecule has 0 spiro atoms. The van der Waals surface area contributed by atoms with E-state index in [9.17, 15) is 0 Å². The Bertz CT molecular complexity index is 377. The molecular formula is C14H22N2OS2. The van der Waals surface area contributed by atoms with Crippen LogP contribution in [-0.4, -0.2) is 35.8 Å². The monoisotopic (exact) mass is 298 g/mol. The smallest absolute Gasteiger partial charge is 0.169 e.